The molecule has 2 rings (SSSR count). The molecule has 1 aromatic rings. The van der Waals surface area contributed by atoms with Crippen LogP contribution in [0.15, 0.2) is 24.3 Å². The molecule has 0 spiro atoms. The Morgan fingerprint density at radius 1 is 1.47 bits per heavy atom. The molecule has 0 radical (unpaired) electrons. The van der Waals surface area contributed by atoms with Gasteiger partial charge in [-0.05, 0) is 37.0 Å². The maximum absolute atomic E-state index is 14.2. The Hall–Kier alpha value is -0.960. The van der Waals surface area contributed by atoms with Gasteiger partial charge in [0.25, 0.3) is 0 Å². The van der Waals surface area contributed by atoms with E-state index in [0.717, 1.165) is 6.42 Å². The van der Waals surface area contributed by atoms with Crippen LogP contribution in [-0.2, 0) is 6.42 Å². The number of benzene rings is 1. The third-order valence-electron chi connectivity index (χ3n) is 3.00. The molecule has 3 heteroatoms. The molecule has 2 unspecified atom stereocenters. The zero-order valence-corrected chi connectivity index (χ0v) is 8.55. The molecule has 15 heavy (non-hydrogen) atoms. The molecule has 0 aliphatic heterocycles. The van der Waals surface area contributed by atoms with E-state index in [4.69, 9.17) is 5.73 Å². The van der Waals surface area contributed by atoms with E-state index in [2.05, 4.69) is 0 Å². The minimum atomic E-state index is -1.23. The van der Waals surface area contributed by atoms with Gasteiger partial charge in [0.2, 0.25) is 0 Å². The van der Waals surface area contributed by atoms with Crippen LogP contribution in [0, 0.1) is 5.82 Å². The largest absolute Gasteiger partial charge is 0.328 e. The van der Waals surface area contributed by atoms with Gasteiger partial charge in [-0.15, -0.1) is 0 Å². The molecule has 1 aliphatic carbocycles. The number of rotatable bonds is 2. The van der Waals surface area contributed by atoms with Crippen molar-refractivity contribution in [1.82, 2.24) is 0 Å². The Labute approximate surface area is 88.3 Å². The third kappa shape index (κ3) is 2.53. The van der Waals surface area contributed by atoms with Crippen LogP contribution in [0.2, 0.25) is 0 Å². The van der Waals surface area contributed by atoms with Crippen LogP contribution in [0.5, 0.6) is 0 Å². The average molecular weight is 211 g/mol. The fourth-order valence-electron chi connectivity index (χ4n) is 2.29. The minimum Gasteiger partial charge on any atom is -0.328 e. The van der Waals surface area contributed by atoms with Crippen molar-refractivity contribution in [1.29, 1.82) is 0 Å². The van der Waals surface area contributed by atoms with Gasteiger partial charge in [0.1, 0.15) is 11.5 Å². The fourth-order valence-corrected chi connectivity index (χ4v) is 2.29. The van der Waals surface area contributed by atoms with Crippen molar-refractivity contribution in [2.24, 2.45) is 5.73 Å². The summed E-state index contributed by atoms with van der Waals surface area (Å²) in [6, 6.07) is 6.10. The molecule has 1 aromatic carbocycles. The maximum atomic E-state index is 14.2. The lowest BCUT2D eigenvalue weighted by molar-refractivity contribution is 0.170. The van der Waals surface area contributed by atoms with Gasteiger partial charge in [0, 0.05) is 12.5 Å². The zero-order chi connectivity index (χ0) is 10.9. The van der Waals surface area contributed by atoms with Crippen molar-refractivity contribution < 1.29 is 8.78 Å². The van der Waals surface area contributed by atoms with Crippen LogP contribution in [0.1, 0.15) is 24.8 Å². The molecule has 1 aliphatic rings. The lowest BCUT2D eigenvalue weighted by Gasteiger charge is -2.19. The summed E-state index contributed by atoms with van der Waals surface area (Å²) >= 11 is 0. The summed E-state index contributed by atoms with van der Waals surface area (Å²) in [5, 5.41) is 0. The van der Waals surface area contributed by atoms with E-state index in [0.29, 0.717) is 18.4 Å². The molecule has 1 fully saturated rings. The normalized spacial score (nSPS) is 30.7. The highest BCUT2D eigenvalue weighted by Crippen LogP contribution is 2.35. The lowest BCUT2D eigenvalue weighted by atomic mass is 9.94. The number of nitrogens with two attached hydrogens (primary N) is 1. The second-order valence-corrected chi connectivity index (χ2v) is 4.46. The molecule has 0 amide bonds. The van der Waals surface area contributed by atoms with Crippen molar-refractivity contribution in [3.8, 4) is 0 Å². The molecule has 82 valence electrons. The van der Waals surface area contributed by atoms with E-state index in [1.54, 1.807) is 12.1 Å². The smallest absolute Gasteiger partial charge is 0.123 e. The van der Waals surface area contributed by atoms with Gasteiger partial charge in [-0.3, -0.25) is 0 Å². The molecule has 0 aromatic heterocycles. The highest BCUT2D eigenvalue weighted by Gasteiger charge is 2.37. The first kappa shape index (κ1) is 10.6. The van der Waals surface area contributed by atoms with E-state index >= 15 is 0 Å². The highest BCUT2D eigenvalue weighted by molar-refractivity contribution is 5.19. The van der Waals surface area contributed by atoms with E-state index in [1.807, 2.05) is 0 Å². The Morgan fingerprint density at radius 3 is 2.87 bits per heavy atom. The molecule has 0 saturated heterocycles. The second kappa shape index (κ2) is 3.89. The number of alkyl halides is 1. The summed E-state index contributed by atoms with van der Waals surface area (Å²) in [7, 11) is 0. The van der Waals surface area contributed by atoms with Gasteiger partial charge in [0.05, 0.1) is 0 Å². The van der Waals surface area contributed by atoms with Crippen molar-refractivity contribution in [3.05, 3.63) is 35.6 Å². The summed E-state index contributed by atoms with van der Waals surface area (Å²) in [5.74, 6) is -0.307. The van der Waals surface area contributed by atoms with Crippen LogP contribution in [0.3, 0.4) is 0 Å². The van der Waals surface area contributed by atoms with Crippen LogP contribution in [0.25, 0.3) is 0 Å². The topological polar surface area (TPSA) is 26.0 Å². The van der Waals surface area contributed by atoms with Gasteiger partial charge in [-0.25, -0.2) is 8.78 Å². The molecule has 1 nitrogen and oxygen atoms in total. The fraction of sp³-hybridized carbons (Fsp3) is 0.500. The summed E-state index contributed by atoms with van der Waals surface area (Å²) in [6.07, 6.45) is 1.89. The lowest BCUT2D eigenvalue weighted by Crippen LogP contribution is -2.25. The van der Waals surface area contributed by atoms with Gasteiger partial charge >= 0.3 is 0 Å². The summed E-state index contributed by atoms with van der Waals surface area (Å²) in [6.45, 7) is 0. The predicted octanol–water partition coefficient (Wildman–Crippen LogP) is 2.59. The molecular weight excluding hydrogens is 196 g/mol. The molecule has 2 N–H and O–H groups in total. The number of hydrogen-bond acceptors (Lipinski definition) is 1. The Kier molecular flexibility index (Phi) is 2.74. The maximum Gasteiger partial charge on any atom is 0.123 e. The standard InChI is InChI=1S/C12H15F2N/c13-10-3-1-2-9(6-10)7-12(14)5-4-11(15)8-12/h1-3,6,11H,4-5,7-8,15H2. The van der Waals surface area contributed by atoms with Crippen LogP contribution in [-0.4, -0.2) is 11.7 Å². The number of halogens is 2. The third-order valence-corrected chi connectivity index (χ3v) is 3.00. The first-order chi connectivity index (χ1) is 7.07. The minimum absolute atomic E-state index is 0.0384. The second-order valence-electron chi connectivity index (χ2n) is 4.46. The molecule has 0 heterocycles. The zero-order valence-electron chi connectivity index (χ0n) is 8.55. The first-order valence-electron chi connectivity index (χ1n) is 5.26. The summed E-state index contributed by atoms with van der Waals surface area (Å²) in [5.41, 5.74) is 5.17. The van der Waals surface area contributed by atoms with Crippen LogP contribution < -0.4 is 5.73 Å². The van der Waals surface area contributed by atoms with E-state index in [1.165, 1.54) is 12.1 Å². The van der Waals surface area contributed by atoms with Gasteiger partial charge < -0.3 is 5.73 Å². The monoisotopic (exact) mass is 211 g/mol. The van der Waals surface area contributed by atoms with Crippen molar-refractivity contribution in [2.45, 2.75) is 37.4 Å². The van der Waals surface area contributed by atoms with Crippen molar-refractivity contribution in [3.63, 3.8) is 0 Å². The van der Waals surface area contributed by atoms with E-state index < -0.39 is 5.67 Å². The molecule has 0 bridgehead atoms. The van der Waals surface area contributed by atoms with Crippen molar-refractivity contribution >= 4 is 0 Å². The molecule has 1 saturated carbocycles. The molecule has 2 atom stereocenters. The Bertz CT molecular complexity index is 353. The van der Waals surface area contributed by atoms with E-state index in [9.17, 15) is 8.78 Å². The van der Waals surface area contributed by atoms with Gasteiger partial charge in [0.15, 0.2) is 0 Å². The predicted molar refractivity (Wildman–Crippen MR) is 55.8 cm³/mol. The SMILES string of the molecule is NC1CCC(F)(Cc2cccc(F)c2)C1. The Balaban J connectivity index is 2.08. The number of hydrogen-bond donors (Lipinski definition) is 1. The van der Waals surface area contributed by atoms with Crippen molar-refractivity contribution in [2.75, 3.05) is 0 Å². The van der Waals surface area contributed by atoms with Gasteiger partial charge in [-0.1, -0.05) is 12.1 Å². The summed E-state index contributed by atoms with van der Waals surface area (Å²) in [4.78, 5) is 0. The summed E-state index contributed by atoms with van der Waals surface area (Å²) < 4.78 is 27.1. The van der Waals surface area contributed by atoms with E-state index in [-0.39, 0.29) is 18.3 Å². The van der Waals surface area contributed by atoms with Gasteiger partial charge in [-0.2, -0.15) is 0 Å². The Morgan fingerprint density at radius 2 is 2.27 bits per heavy atom. The highest BCUT2D eigenvalue weighted by atomic mass is 19.1. The molecular formula is C12H15F2N. The first-order valence-corrected chi connectivity index (χ1v) is 5.26. The van der Waals surface area contributed by atoms with Crippen LogP contribution in [0.4, 0.5) is 8.78 Å². The van der Waals surface area contributed by atoms with Crippen LogP contribution >= 0.6 is 0 Å². The quantitative estimate of drug-likeness (QED) is 0.799. The average Bonchev–Trinajstić information content (AvgIpc) is 2.45.